The number of Topliss-reactive ketones (excluding diaryl/α,β-unsaturated/α-hetero) is 1. The summed E-state index contributed by atoms with van der Waals surface area (Å²) in [5.41, 5.74) is 0.818. The normalized spacial score (nSPS) is 13.8. The molecule has 0 N–H and O–H groups in total. The molecular formula is C15H9F2NO2. The summed E-state index contributed by atoms with van der Waals surface area (Å²) in [7, 11) is 0. The van der Waals surface area contributed by atoms with Crippen LogP contribution in [0.2, 0.25) is 0 Å². The molecule has 3 rings (SSSR count). The Morgan fingerprint density at radius 1 is 0.950 bits per heavy atom. The van der Waals surface area contributed by atoms with E-state index in [0.717, 1.165) is 22.6 Å². The van der Waals surface area contributed by atoms with Crippen LogP contribution < -0.4 is 4.90 Å². The van der Waals surface area contributed by atoms with E-state index in [4.69, 9.17) is 0 Å². The number of halogens is 2. The number of anilines is 1. The van der Waals surface area contributed by atoms with Crippen LogP contribution in [0.25, 0.3) is 0 Å². The van der Waals surface area contributed by atoms with Gasteiger partial charge in [0.2, 0.25) is 0 Å². The van der Waals surface area contributed by atoms with Gasteiger partial charge in [-0.15, -0.1) is 0 Å². The molecule has 0 saturated carbocycles. The molecule has 100 valence electrons. The Morgan fingerprint density at radius 3 is 2.30 bits per heavy atom. The quantitative estimate of drug-likeness (QED) is 0.789. The number of nitrogens with zero attached hydrogens (tertiary/aromatic N) is 1. The Kier molecular flexibility index (Phi) is 2.82. The van der Waals surface area contributed by atoms with E-state index in [1.54, 1.807) is 24.3 Å². The second kappa shape index (κ2) is 4.52. The number of carbonyl (C=O) groups is 2. The van der Waals surface area contributed by atoms with Gasteiger partial charge in [0.1, 0.15) is 0 Å². The zero-order valence-corrected chi connectivity index (χ0v) is 10.3. The number of carbonyl (C=O) groups excluding carboxylic acids is 2. The topological polar surface area (TPSA) is 37.4 Å². The van der Waals surface area contributed by atoms with Crippen LogP contribution in [0.5, 0.6) is 0 Å². The molecule has 0 radical (unpaired) electrons. The first-order chi connectivity index (χ1) is 9.58. The van der Waals surface area contributed by atoms with Crippen molar-refractivity contribution in [3.8, 4) is 0 Å². The standard InChI is InChI=1S/C15H9F2NO2/c16-11-6-10-13(7-12(11)17)18(15(20)14(10)19)8-9-4-2-1-3-5-9/h1-7H,8H2. The lowest BCUT2D eigenvalue weighted by Crippen LogP contribution is -2.29. The number of amides is 1. The number of fused-ring (bicyclic) bond motifs is 1. The summed E-state index contributed by atoms with van der Waals surface area (Å²) < 4.78 is 26.5. The Bertz CT molecular complexity index is 713. The van der Waals surface area contributed by atoms with E-state index < -0.39 is 23.3 Å². The van der Waals surface area contributed by atoms with Crippen LogP contribution in [-0.2, 0) is 11.3 Å². The van der Waals surface area contributed by atoms with Crippen molar-refractivity contribution in [3.63, 3.8) is 0 Å². The highest BCUT2D eigenvalue weighted by Gasteiger charge is 2.36. The zero-order chi connectivity index (χ0) is 14.3. The van der Waals surface area contributed by atoms with Crippen LogP contribution in [0.15, 0.2) is 42.5 Å². The maximum absolute atomic E-state index is 13.3. The van der Waals surface area contributed by atoms with E-state index in [1.807, 2.05) is 6.07 Å². The summed E-state index contributed by atoms with van der Waals surface area (Å²) in [5.74, 6) is -3.79. The summed E-state index contributed by atoms with van der Waals surface area (Å²) in [6, 6.07) is 10.6. The van der Waals surface area contributed by atoms with Gasteiger partial charge in [-0.3, -0.25) is 9.59 Å². The molecule has 5 heteroatoms. The van der Waals surface area contributed by atoms with E-state index in [9.17, 15) is 18.4 Å². The van der Waals surface area contributed by atoms with Crippen molar-refractivity contribution >= 4 is 17.4 Å². The lowest BCUT2D eigenvalue weighted by Gasteiger charge is -2.16. The van der Waals surface area contributed by atoms with Gasteiger partial charge >= 0.3 is 0 Å². The summed E-state index contributed by atoms with van der Waals surface area (Å²) in [6.07, 6.45) is 0. The van der Waals surface area contributed by atoms with Gasteiger partial charge in [-0.2, -0.15) is 0 Å². The molecule has 3 nitrogen and oxygen atoms in total. The Morgan fingerprint density at radius 2 is 1.60 bits per heavy atom. The van der Waals surface area contributed by atoms with E-state index in [2.05, 4.69) is 0 Å². The Hall–Kier alpha value is -2.56. The van der Waals surface area contributed by atoms with Crippen LogP contribution in [0.1, 0.15) is 15.9 Å². The Labute approximate surface area is 113 Å². The average Bonchev–Trinajstić information content (AvgIpc) is 2.66. The molecule has 2 aromatic carbocycles. The first-order valence-electron chi connectivity index (χ1n) is 5.97. The molecule has 0 aromatic heterocycles. The van der Waals surface area contributed by atoms with Crippen LogP contribution >= 0.6 is 0 Å². The largest absolute Gasteiger partial charge is 0.300 e. The fraction of sp³-hybridized carbons (Fsp3) is 0.0667. The van der Waals surface area contributed by atoms with E-state index in [1.165, 1.54) is 0 Å². The van der Waals surface area contributed by atoms with Gasteiger partial charge in [0, 0.05) is 6.07 Å². The molecule has 0 spiro atoms. The second-order valence-electron chi connectivity index (χ2n) is 4.49. The molecule has 0 saturated heterocycles. The van der Waals surface area contributed by atoms with Gasteiger partial charge in [0.15, 0.2) is 11.6 Å². The molecule has 1 amide bonds. The summed E-state index contributed by atoms with van der Waals surface area (Å²) in [6.45, 7) is 0.142. The molecule has 0 aliphatic carbocycles. The van der Waals surface area contributed by atoms with E-state index >= 15 is 0 Å². The van der Waals surface area contributed by atoms with Crippen molar-refractivity contribution in [1.82, 2.24) is 0 Å². The van der Waals surface area contributed by atoms with Crippen molar-refractivity contribution in [3.05, 3.63) is 65.2 Å². The fourth-order valence-electron chi connectivity index (χ4n) is 2.21. The minimum Gasteiger partial charge on any atom is -0.300 e. The first kappa shape index (κ1) is 12.5. The van der Waals surface area contributed by atoms with Gasteiger partial charge in [0.05, 0.1) is 17.8 Å². The number of ketones is 1. The van der Waals surface area contributed by atoms with E-state index in [0.29, 0.717) is 0 Å². The molecule has 0 fully saturated rings. The first-order valence-corrected chi connectivity index (χ1v) is 5.97. The zero-order valence-electron chi connectivity index (χ0n) is 10.3. The number of hydrogen-bond donors (Lipinski definition) is 0. The maximum atomic E-state index is 13.3. The second-order valence-corrected chi connectivity index (χ2v) is 4.49. The molecule has 0 atom stereocenters. The summed E-state index contributed by atoms with van der Waals surface area (Å²) in [5, 5.41) is 0. The van der Waals surface area contributed by atoms with Gasteiger partial charge < -0.3 is 4.90 Å². The SMILES string of the molecule is O=C1C(=O)N(Cc2ccccc2)c2cc(F)c(F)cc21. The highest BCUT2D eigenvalue weighted by molar-refractivity contribution is 6.52. The highest BCUT2D eigenvalue weighted by atomic mass is 19.2. The fourth-order valence-corrected chi connectivity index (χ4v) is 2.21. The predicted octanol–water partition coefficient (Wildman–Crippen LogP) is 2.69. The van der Waals surface area contributed by atoms with Gasteiger partial charge in [-0.25, -0.2) is 8.78 Å². The van der Waals surface area contributed by atoms with Crippen LogP contribution in [0.3, 0.4) is 0 Å². The van der Waals surface area contributed by atoms with Crippen LogP contribution in [0.4, 0.5) is 14.5 Å². The third-order valence-corrected chi connectivity index (χ3v) is 3.20. The molecule has 1 aliphatic heterocycles. The summed E-state index contributed by atoms with van der Waals surface area (Å²) in [4.78, 5) is 24.9. The number of hydrogen-bond acceptors (Lipinski definition) is 2. The minimum atomic E-state index is -1.13. The van der Waals surface area contributed by atoms with Crippen LogP contribution in [-0.4, -0.2) is 11.7 Å². The highest BCUT2D eigenvalue weighted by Crippen LogP contribution is 2.32. The third-order valence-electron chi connectivity index (χ3n) is 3.20. The van der Waals surface area contributed by atoms with Gasteiger partial charge in [-0.1, -0.05) is 30.3 Å². The smallest absolute Gasteiger partial charge is 0.299 e. The third kappa shape index (κ3) is 1.87. The van der Waals surface area contributed by atoms with Crippen molar-refractivity contribution in [1.29, 1.82) is 0 Å². The molecule has 1 heterocycles. The van der Waals surface area contributed by atoms with Gasteiger partial charge in [0.25, 0.3) is 11.7 Å². The van der Waals surface area contributed by atoms with Crippen molar-refractivity contribution in [2.24, 2.45) is 0 Å². The molecule has 2 aromatic rings. The molecular weight excluding hydrogens is 264 g/mol. The molecule has 0 unspecified atom stereocenters. The number of benzene rings is 2. The lowest BCUT2D eigenvalue weighted by molar-refractivity contribution is -0.114. The minimum absolute atomic E-state index is 0.0927. The van der Waals surface area contributed by atoms with E-state index in [-0.39, 0.29) is 17.8 Å². The average molecular weight is 273 g/mol. The van der Waals surface area contributed by atoms with Crippen molar-refractivity contribution in [2.45, 2.75) is 6.54 Å². The Balaban J connectivity index is 2.04. The van der Waals surface area contributed by atoms with Crippen molar-refractivity contribution < 1.29 is 18.4 Å². The summed E-state index contributed by atoms with van der Waals surface area (Å²) >= 11 is 0. The molecule has 0 bridgehead atoms. The predicted molar refractivity (Wildman–Crippen MR) is 68.3 cm³/mol. The van der Waals surface area contributed by atoms with Crippen LogP contribution in [0, 0.1) is 11.6 Å². The molecule has 20 heavy (non-hydrogen) atoms. The lowest BCUT2D eigenvalue weighted by atomic mass is 10.1. The molecule has 1 aliphatic rings. The van der Waals surface area contributed by atoms with Crippen molar-refractivity contribution in [2.75, 3.05) is 4.90 Å². The maximum Gasteiger partial charge on any atom is 0.299 e. The van der Waals surface area contributed by atoms with Gasteiger partial charge in [-0.05, 0) is 11.6 Å². The monoisotopic (exact) mass is 273 g/mol. The number of rotatable bonds is 2.